The SMILES string of the molecule is O=C(O)CC(=O)OC[C@H]1O[C@@H](ON2C=C([N+](=O)[O-])C=CC2)[C@H](O)[C@@H](O)[C@@H]1O. The molecule has 27 heavy (non-hydrogen) atoms. The third kappa shape index (κ3) is 5.45. The number of ether oxygens (including phenoxy) is 2. The van der Waals surface area contributed by atoms with Crippen LogP contribution in [0.4, 0.5) is 0 Å². The molecule has 13 heteroatoms. The zero-order valence-electron chi connectivity index (χ0n) is 13.8. The van der Waals surface area contributed by atoms with Crippen molar-refractivity contribution in [1.29, 1.82) is 0 Å². The fraction of sp³-hybridized carbons (Fsp3) is 0.571. The lowest BCUT2D eigenvalue weighted by atomic mass is 9.99. The minimum Gasteiger partial charge on any atom is -0.481 e. The number of allylic oxidation sites excluding steroid dienone is 1. The van der Waals surface area contributed by atoms with Crippen LogP contribution in [0.25, 0.3) is 0 Å². The summed E-state index contributed by atoms with van der Waals surface area (Å²) < 4.78 is 9.92. The highest BCUT2D eigenvalue weighted by Crippen LogP contribution is 2.24. The number of nitrogens with zero attached hydrogens (tertiary/aromatic N) is 2. The van der Waals surface area contributed by atoms with Crippen LogP contribution in [-0.4, -0.2) is 86.2 Å². The largest absolute Gasteiger partial charge is 0.481 e. The van der Waals surface area contributed by atoms with Gasteiger partial charge in [0.2, 0.25) is 6.29 Å². The molecule has 1 saturated heterocycles. The first-order chi connectivity index (χ1) is 12.7. The molecule has 0 aromatic heterocycles. The van der Waals surface area contributed by atoms with Gasteiger partial charge in [-0.1, -0.05) is 6.08 Å². The number of carbonyl (C=O) groups excluding carboxylic acids is 1. The van der Waals surface area contributed by atoms with Gasteiger partial charge in [0.25, 0.3) is 5.70 Å². The standard InChI is InChI=1S/C14H18N2O11/c17-9(18)4-10(19)25-6-8-11(20)12(21)13(22)14(26-8)27-15-3-1-2-7(5-15)16(23)24/h1-2,5,8,11-14,20-22H,3-4,6H2,(H,17,18)/t8-,11-,12+,13-,14+/m1/s1. The molecule has 0 aromatic rings. The molecule has 5 atom stereocenters. The molecule has 0 aliphatic carbocycles. The number of hydroxylamine groups is 2. The Kier molecular flexibility index (Phi) is 6.81. The molecule has 2 rings (SSSR count). The molecule has 1 fully saturated rings. The van der Waals surface area contributed by atoms with Gasteiger partial charge in [-0.05, 0) is 0 Å². The zero-order chi connectivity index (χ0) is 20.1. The van der Waals surface area contributed by atoms with Gasteiger partial charge in [-0.25, -0.2) is 9.90 Å². The monoisotopic (exact) mass is 390 g/mol. The highest BCUT2D eigenvalue weighted by atomic mass is 16.8. The van der Waals surface area contributed by atoms with Crippen LogP contribution in [0.2, 0.25) is 0 Å². The first-order valence-electron chi connectivity index (χ1n) is 7.72. The number of hydrogen-bond donors (Lipinski definition) is 4. The van der Waals surface area contributed by atoms with Crippen LogP contribution < -0.4 is 0 Å². The maximum atomic E-state index is 11.3. The molecule has 0 aromatic carbocycles. The molecular weight excluding hydrogens is 372 g/mol. The van der Waals surface area contributed by atoms with Crippen LogP contribution in [0.15, 0.2) is 24.0 Å². The van der Waals surface area contributed by atoms with Gasteiger partial charge in [-0.2, -0.15) is 0 Å². The van der Waals surface area contributed by atoms with Gasteiger partial charge in [-0.3, -0.25) is 19.7 Å². The Hall–Kier alpha value is -2.58. The van der Waals surface area contributed by atoms with E-state index >= 15 is 0 Å². The lowest BCUT2D eigenvalue weighted by molar-refractivity contribution is -0.423. The number of carboxylic acid groups (broad SMARTS) is 1. The number of nitro groups is 1. The summed E-state index contributed by atoms with van der Waals surface area (Å²) in [7, 11) is 0. The van der Waals surface area contributed by atoms with Crippen LogP contribution in [0.3, 0.4) is 0 Å². The molecule has 0 unspecified atom stereocenters. The van der Waals surface area contributed by atoms with Gasteiger partial charge in [0.05, 0.1) is 11.5 Å². The van der Waals surface area contributed by atoms with Gasteiger partial charge in [0, 0.05) is 6.08 Å². The molecule has 150 valence electrons. The Morgan fingerprint density at radius 2 is 2.00 bits per heavy atom. The second kappa shape index (κ2) is 8.88. The van der Waals surface area contributed by atoms with Crippen molar-refractivity contribution in [2.75, 3.05) is 13.2 Å². The molecular formula is C14H18N2O11. The lowest BCUT2D eigenvalue weighted by Crippen LogP contribution is -2.60. The fourth-order valence-electron chi connectivity index (χ4n) is 2.33. The van der Waals surface area contributed by atoms with E-state index in [1.165, 1.54) is 12.2 Å². The molecule has 0 saturated carbocycles. The molecule has 2 aliphatic heterocycles. The quantitative estimate of drug-likeness (QED) is 0.158. The van der Waals surface area contributed by atoms with Crippen molar-refractivity contribution >= 4 is 11.9 Å². The summed E-state index contributed by atoms with van der Waals surface area (Å²) in [6, 6.07) is 0. The second-order valence-corrected chi connectivity index (χ2v) is 5.69. The summed E-state index contributed by atoms with van der Waals surface area (Å²) in [5.74, 6) is -2.50. The predicted molar refractivity (Wildman–Crippen MR) is 81.9 cm³/mol. The highest BCUT2D eigenvalue weighted by Gasteiger charge is 2.45. The van der Waals surface area contributed by atoms with E-state index in [1.54, 1.807) is 0 Å². The fourth-order valence-corrected chi connectivity index (χ4v) is 2.33. The molecule has 0 radical (unpaired) electrons. The van der Waals surface area contributed by atoms with Gasteiger partial charge >= 0.3 is 11.9 Å². The Morgan fingerprint density at radius 1 is 1.30 bits per heavy atom. The second-order valence-electron chi connectivity index (χ2n) is 5.69. The lowest BCUT2D eigenvalue weighted by Gasteiger charge is -2.41. The van der Waals surface area contributed by atoms with Gasteiger partial charge in [0.1, 0.15) is 43.6 Å². The van der Waals surface area contributed by atoms with Crippen LogP contribution in [0.5, 0.6) is 0 Å². The normalized spacial score (nSPS) is 30.6. The first-order valence-corrected chi connectivity index (χ1v) is 7.72. The number of aliphatic hydroxyl groups excluding tert-OH is 3. The van der Waals surface area contributed by atoms with E-state index in [4.69, 9.17) is 14.7 Å². The van der Waals surface area contributed by atoms with E-state index in [1.807, 2.05) is 0 Å². The Labute approximate surface area is 151 Å². The topological polar surface area (TPSA) is 189 Å². The Bertz CT molecular complexity index is 649. The average Bonchev–Trinajstić information content (AvgIpc) is 2.60. The maximum absolute atomic E-state index is 11.3. The van der Waals surface area contributed by atoms with E-state index in [0.717, 1.165) is 11.3 Å². The molecule has 0 spiro atoms. The Balaban J connectivity index is 1.99. The highest BCUT2D eigenvalue weighted by molar-refractivity contribution is 5.90. The number of hydrogen-bond acceptors (Lipinski definition) is 11. The van der Waals surface area contributed by atoms with Crippen molar-refractivity contribution in [2.45, 2.75) is 37.1 Å². The predicted octanol–water partition coefficient (Wildman–Crippen LogP) is -2.27. The van der Waals surface area contributed by atoms with Crippen LogP contribution >= 0.6 is 0 Å². The van der Waals surface area contributed by atoms with Crippen molar-refractivity contribution in [2.24, 2.45) is 0 Å². The average molecular weight is 390 g/mol. The minimum atomic E-state index is -1.73. The van der Waals surface area contributed by atoms with Crippen molar-refractivity contribution in [3.05, 3.63) is 34.2 Å². The number of rotatable bonds is 7. The number of carboxylic acids is 1. The van der Waals surface area contributed by atoms with Crippen LogP contribution in [0, 0.1) is 10.1 Å². The maximum Gasteiger partial charge on any atom is 0.317 e. The van der Waals surface area contributed by atoms with Gasteiger partial charge in [-0.15, -0.1) is 0 Å². The zero-order valence-corrected chi connectivity index (χ0v) is 13.8. The van der Waals surface area contributed by atoms with Crippen LogP contribution in [-0.2, 0) is 23.9 Å². The van der Waals surface area contributed by atoms with Crippen molar-refractivity contribution in [3.8, 4) is 0 Å². The van der Waals surface area contributed by atoms with E-state index in [2.05, 4.69) is 4.74 Å². The molecule has 2 heterocycles. The first kappa shape index (κ1) is 20.7. The number of esters is 1. The molecule has 0 amide bonds. The van der Waals surface area contributed by atoms with E-state index in [-0.39, 0.29) is 12.2 Å². The summed E-state index contributed by atoms with van der Waals surface area (Å²) in [6.07, 6.45) is -5.14. The van der Waals surface area contributed by atoms with Crippen LogP contribution in [0.1, 0.15) is 6.42 Å². The minimum absolute atomic E-state index is 0.0842. The number of carbonyl (C=O) groups is 2. The van der Waals surface area contributed by atoms with E-state index in [9.17, 15) is 35.0 Å². The van der Waals surface area contributed by atoms with Crippen molar-refractivity contribution in [1.82, 2.24) is 5.06 Å². The molecule has 2 aliphatic rings. The van der Waals surface area contributed by atoms with Gasteiger partial charge < -0.3 is 29.9 Å². The summed E-state index contributed by atoms with van der Waals surface area (Å²) in [5, 5.41) is 50.1. The number of aliphatic hydroxyl groups is 3. The summed E-state index contributed by atoms with van der Waals surface area (Å²) in [5.41, 5.74) is -0.286. The molecule has 0 bridgehead atoms. The summed E-state index contributed by atoms with van der Waals surface area (Å²) in [6.45, 7) is -0.520. The third-order valence-corrected chi connectivity index (χ3v) is 3.67. The van der Waals surface area contributed by atoms with Crippen molar-refractivity contribution < 1.29 is 49.2 Å². The number of aliphatic carboxylic acids is 1. The summed E-state index contributed by atoms with van der Waals surface area (Å²) >= 11 is 0. The van der Waals surface area contributed by atoms with Crippen molar-refractivity contribution in [3.63, 3.8) is 0 Å². The molecule has 13 nitrogen and oxygen atoms in total. The smallest absolute Gasteiger partial charge is 0.317 e. The van der Waals surface area contributed by atoms with E-state index < -0.39 is 60.6 Å². The third-order valence-electron chi connectivity index (χ3n) is 3.67. The van der Waals surface area contributed by atoms with E-state index in [0.29, 0.717) is 0 Å². The van der Waals surface area contributed by atoms with Gasteiger partial charge in [0.15, 0.2) is 0 Å². The Morgan fingerprint density at radius 3 is 2.63 bits per heavy atom. The summed E-state index contributed by atoms with van der Waals surface area (Å²) in [4.78, 5) is 37.1. The molecule has 4 N–H and O–H groups in total.